The first-order valence-corrected chi connectivity index (χ1v) is 11.0. The lowest BCUT2D eigenvalue weighted by Crippen LogP contribution is -2.22. The number of carbonyl (C=O) groups is 2. The minimum Gasteiger partial charge on any atom is -0.456 e. The summed E-state index contributed by atoms with van der Waals surface area (Å²) in [4.78, 5) is 24.1. The first kappa shape index (κ1) is 22.6. The van der Waals surface area contributed by atoms with Gasteiger partial charge in [-0.2, -0.15) is 0 Å². The zero-order valence-electron chi connectivity index (χ0n) is 16.6. The summed E-state index contributed by atoms with van der Waals surface area (Å²) >= 11 is 0. The summed E-state index contributed by atoms with van der Waals surface area (Å²) in [5, 5.41) is 7.89. The van der Waals surface area contributed by atoms with Crippen LogP contribution in [0.15, 0.2) is 47.4 Å². The zero-order valence-corrected chi connectivity index (χ0v) is 17.4. The third kappa shape index (κ3) is 6.69. The lowest BCUT2D eigenvalue weighted by molar-refractivity contribution is -0.147. The number of hydrogen-bond donors (Lipinski definition) is 2. The molecule has 0 atom stereocenters. The van der Waals surface area contributed by atoms with Gasteiger partial charge in [0.2, 0.25) is 10.0 Å². The number of rotatable bonds is 9. The second-order valence-electron chi connectivity index (χ2n) is 6.56. The Hall–Kier alpha value is -2.71. The molecule has 0 saturated heterocycles. The van der Waals surface area contributed by atoms with Crippen LogP contribution in [0.2, 0.25) is 0 Å². The van der Waals surface area contributed by atoms with Gasteiger partial charge in [-0.3, -0.25) is 9.59 Å². The van der Waals surface area contributed by atoms with E-state index in [9.17, 15) is 18.0 Å². The molecule has 0 fully saturated rings. The number of para-hydroxylation sites is 1. The van der Waals surface area contributed by atoms with Crippen LogP contribution in [0.25, 0.3) is 0 Å². The number of sulfonamides is 1. The van der Waals surface area contributed by atoms with Crippen molar-refractivity contribution in [3.8, 4) is 0 Å². The van der Waals surface area contributed by atoms with Gasteiger partial charge in [0.25, 0.3) is 5.91 Å². The van der Waals surface area contributed by atoms with Gasteiger partial charge in [-0.25, -0.2) is 13.6 Å². The number of benzene rings is 2. The quantitative estimate of drug-likeness (QED) is 0.607. The maximum Gasteiger partial charge on any atom is 0.306 e. The fourth-order valence-corrected chi connectivity index (χ4v) is 3.40. The third-order valence-corrected chi connectivity index (χ3v) is 5.43. The van der Waals surface area contributed by atoms with Crippen LogP contribution in [0.5, 0.6) is 0 Å². The maximum absolute atomic E-state index is 12.2. The smallest absolute Gasteiger partial charge is 0.306 e. The van der Waals surface area contributed by atoms with Crippen LogP contribution in [0.1, 0.15) is 37.0 Å². The number of amides is 1. The highest BCUT2D eigenvalue weighted by molar-refractivity contribution is 7.89. The Morgan fingerprint density at radius 1 is 1.00 bits per heavy atom. The molecular weight excluding hydrogens is 392 g/mol. The van der Waals surface area contributed by atoms with Crippen LogP contribution in [-0.4, -0.2) is 26.9 Å². The number of nitrogens with two attached hydrogens (primary N) is 1. The molecule has 0 aromatic heterocycles. The summed E-state index contributed by atoms with van der Waals surface area (Å²) in [6, 6.07) is 11.8. The highest BCUT2D eigenvalue weighted by Gasteiger charge is 2.13. The van der Waals surface area contributed by atoms with E-state index in [-0.39, 0.29) is 23.8 Å². The average Bonchev–Trinajstić information content (AvgIpc) is 2.70. The molecule has 156 valence electrons. The molecule has 3 N–H and O–H groups in total. The summed E-state index contributed by atoms with van der Waals surface area (Å²) in [5.74, 6) is -0.887. The summed E-state index contributed by atoms with van der Waals surface area (Å²) in [6.07, 6.45) is 2.01. The Labute approximate surface area is 171 Å². The highest BCUT2D eigenvalue weighted by atomic mass is 32.2. The van der Waals surface area contributed by atoms with Crippen LogP contribution in [0.3, 0.4) is 0 Å². The van der Waals surface area contributed by atoms with Gasteiger partial charge in [-0.15, -0.1) is 0 Å². The van der Waals surface area contributed by atoms with E-state index in [2.05, 4.69) is 5.32 Å². The summed E-state index contributed by atoms with van der Waals surface area (Å²) in [5.41, 5.74) is 3.62. The molecule has 0 aliphatic rings. The molecule has 29 heavy (non-hydrogen) atoms. The number of anilines is 1. The maximum atomic E-state index is 12.2. The van der Waals surface area contributed by atoms with Crippen molar-refractivity contribution in [3.63, 3.8) is 0 Å². The van der Waals surface area contributed by atoms with Gasteiger partial charge in [-0.1, -0.05) is 44.2 Å². The minimum atomic E-state index is -3.74. The molecule has 0 aliphatic heterocycles. The second kappa shape index (κ2) is 10.2. The molecule has 0 bridgehead atoms. The van der Waals surface area contributed by atoms with Gasteiger partial charge in [0.05, 0.1) is 4.90 Å². The molecule has 0 aliphatic carbocycles. The van der Waals surface area contributed by atoms with Crippen molar-refractivity contribution < 1.29 is 22.7 Å². The van der Waals surface area contributed by atoms with E-state index in [4.69, 9.17) is 9.88 Å². The number of esters is 1. The Kier molecular flexibility index (Phi) is 7.92. The van der Waals surface area contributed by atoms with Crippen molar-refractivity contribution in [2.24, 2.45) is 5.14 Å². The van der Waals surface area contributed by atoms with Gasteiger partial charge >= 0.3 is 5.97 Å². The largest absolute Gasteiger partial charge is 0.456 e. The summed E-state index contributed by atoms with van der Waals surface area (Å²) in [7, 11) is -3.74. The fraction of sp³-hybridized carbons (Fsp3) is 0.333. The number of ether oxygens (including phenoxy) is 1. The third-order valence-electron chi connectivity index (χ3n) is 4.50. The molecule has 0 saturated carbocycles. The Balaban J connectivity index is 1.84. The van der Waals surface area contributed by atoms with Crippen molar-refractivity contribution >= 4 is 27.6 Å². The molecule has 2 rings (SSSR count). The predicted molar refractivity (Wildman–Crippen MR) is 111 cm³/mol. The second-order valence-corrected chi connectivity index (χ2v) is 8.12. The van der Waals surface area contributed by atoms with Gasteiger partial charge < -0.3 is 10.1 Å². The minimum absolute atomic E-state index is 0.0132. The topological polar surface area (TPSA) is 116 Å². The van der Waals surface area contributed by atoms with E-state index in [1.54, 1.807) is 12.1 Å². The normalized spacial score (nSPS) is 11.1. The Morgan fingerprint density at radius 3 is 2.10 bits per heavy atom. The predicted octanol–water partition coefficient (Wildman–Crippen LogP) is 2.57. The van der Waals surface area contributed by atoms with Crippen LogP contribution >= 0.6 is 0 Å². The van der Waals surface area contributed by atoms with E-state index < -0.39 is 16.0 Å². The average molecular weight is 419 g/mol. The van der Waals surface area contributed by atoms with Crippen molar-refractivity contribution in [1.29, 1.82) is 0 Å². The van der Waals surface area contributed by atoms with Crippen LogP contribution in [0.4, 0.5) is 5.69 Å². The van der Waals surface area contributed by atoms with Crippen LogP contribution in [-0.2, 0) is 43.6 Å². The van der Waals surface area contributed by atoms with E-state index in [1.165, 1.54) is 12.1 Å². The Bertz CT molecular complexity index is 947. The number of aryl methyl sites for hydroxylation is 3. The molecule has 0 spiro atoms. The molecule has 0 unspecified atom stereocenters. The van der Waals surface area contributed by atoms with Crippen molar-refractivity contribution in [1.82, 2.24) is 0 Å². The molecule has 0 heterocycles. The van der Waals surface area contributed by atoms with Crippen LogP contribution in [0, 0.1) is 0 Å². The highest BCUT2D eigenvalue weighted by Crippen LogP contribution is 2.22. The van der Waals surface area contributed by atoms with Crippen molar-refractivity contribution in [2.75, 3.05) is 11.9 Å². The van der Waals surface area contributed by atoms with Crippen molar-refractivity contribution in [3.05, 3.63) is 59.2 Å². The van der Waals surface area contributed by atoms with E-state index in [1.807, 2.05) is 32.0 Å². The van der Waals surface area contributed by atoms with Gasteiger partial charge in [0.15, 0.2) is 6.61 Å². The molecule has 1 amide bonds. The molecule has 8 heteroatoms. The van der Waals surface area contributed by atoms with E-state index in [0.717, 1.165) is 35.2 Å². The Morgan fingerprint density at radius 2 is 1.59 bits per heavy atom. The van der Waals surface area contributed by atoms with Gasteiger partial charge in [0, 0.05) is 12.1 Å². The molecule has 2 aromatic rings. The van der Waals surface area contributed by atoms with E-state index in [0.29, 0.717) is 6.42 Å². The summed E-state index contributed by atoms with van der Waals surface area (Å²) in [6.45, 7) is 3.67. The first-order chi connectivity index (χ1) is 13.7. The van der Waals surface area contributed by atoms with Gasteiger partial charge in [0.1, 0.15) is 0 Å². The number of primary sulfonamides is 1. The molecule has 7 nitrogen and oxygen atoms in total. The molecular formula is C21H26N2O5S. The zero-order chi connectivity index (χ0) is 21.4. The fourth-order valence-electron chi connectivity index (χ4n) is 2.89. The van der Waals surface area contributed by atoms with Gasteiger partial charge in [-0.05, 0) is 48.1 Å². The summed E-state index contributed by atoms with van der Waals surface area (Å²) < 4.78 is 27.5. The monoisotopic (exact) mass is 418 g/mol. The van der Waals surface area contributed by atoms with Crippen LogP contribution < -0.4 is 10.5 Å². The SMILES string of the molecule is CCc1cccc(CC)c1NC(=O)COC(=O)CCc1ccc(S(N)(=O)=O)cc1. The number of hydrogen-bond acceptors (Lipinski definition) is 5. The first-order valence-electron chi connectivity index (χ1n) is 9.42. The lowest BCUT2D eigenvalue weighted by atomic mass is 10.0. The number of carbonyl (C=O) groups excluding carboxylic acids is 2. The standard InChI is InChI=1S/C21H26N2O5S/c1-3-16-6-5-7-17(4-2)21(16)23-19(24)14-28-20(25)13-10-15-8-11-18(12-9-15)29(22,26)27/h5-9,11-12H,3-4,10,13-14H2,1-2H3,(H,23,24)(H2,22,26,27). The number of nitrogens with one attached hydrogen (secondary N) is 1. The van der Waals surface area contributed by atoms with Crippen molar-refractivity contribution in [2.45, 2.75) is 44.4 Å². The lowest BCUT2D eigenvalue weighted by Gasteiger charge is -2.14. The molecule has 2 aromatic carbocycles. The van der Waals surface area contributed by atoms with E-state index >= 15 is 0 Å². The molecule has 0 radical (unpaired) electrons.